The van der Waals surface area contributed by atoms with E-state index in [1.165, 1.54) is 37.3 Å². The third kappa shape index (κ3) is 7.80. The standard InChI is InChI=1S/C32H38ClN3O6S/c1-23(32(38)34-25-13-6-4-7-14-25)35(21-24-12-10-11-17-28(24)33)31(37)22-36(43(39,40)27-15-8-5-9-16-27)26-18-19-29(41-2)30(20-26)42-3/h5,8-12,15-20,23,25H,4,6-7,13-14,21-22H2,1-3H3,(H,34,38)/t23-/m1/s1. The molecule has 0 radical (unpaired) electrons. The van der Waals surface area contributed by atoms with Gasteiger partial charge in [-0.1, -0.05) is 67.3 Å². The van der Waals surface area contributed by atoms with E-state index >= 15 is 0 Å². The van der Waals surface area contributed by atoms with Crippen LogP contribution in [-0.2, 0) is 26.2 Å². The zero-order valence-corrected chi connectivity index (χ0v) is 26.2. The minimum Gasteiger partial charge on any atom is -0.493 e. The average molecular weight is 628 g/mol. The van der Waals surface area contributed by atoms with Gasteiger partial charge in [-0.3, -0.25) is 13.9 Å². The summed E-state index contributed by atoms with van der Waals surface area (Å²) >= 11 is 6.46. The van der Waals surface area contributed by atoms with Crippen molar-refractivity contribution in [3.8, 4) is 11.5 Å². The predicted molar refractivity (Wildman–Crippen MR) is 167 cm³/mol. The lowest BCUT2D eigenvalue weighted by molar-refractivity contribution is -0.139. The molecular formula is C32H38ClN3O6S. The van der Waals surface area contributed by atoms with Crippen LogP contribution in [0, 0.1) is 0 Å². The Bertz CT molecular complexity index is 1510. The molecule has 1 aliphatic carbocycles. The first-order valence-electron chi connectivity index (χ1n) is 14.3. The van der Waals surface area contributed by atoms with Crippen molar-refractivity contribution in [2.75, 3.05) is 25.1 Å². The van der Waals surface area contributed by atoms with E-state index < -0.39 is 28.5 Å². The van der Waals surface area contributed by atoms with Crippen LogP contribution < -0.4 is 19.1 Å². The molecule has 0 aromatic heterocycles. The van der Waals surface area contributed by atoms with Gasteiger partial charge >= 0.3 is 0 Å². The summed E-state index contributed by atoms with van der Waals surface area (Å²) < 4.78 is 39.8. The molecule has 11 heteroatoms. The number of anilines is 1. The van der Waals surface area contributed by atoms with Crippen molar-refractivity contribution >= 4 is 39.1 Å². The molecule has 1 aliphatic rings. The fraction of sp³-hybridized carbons (Fsp3) is 0.375. The molecule has 4 rings (SSSR count). The highest BCUT2D eigenvalue weighted by Crippen LogP contribution is 2.34. The fourth-order valence-electron chi connectivity index (χ4n) is 5.19. The summed E-state index contributed by atoms with van der Waals surface area (Å²) in [6.07, 6.45) is 5.00. The summed E-state index contributed by atoms with van der Waals surface area (Å²) in [5.41, 5.74) is 0.838. The molecule has 0 heterocycles. The molecule has 0 aliphatic heterocycles. The second-order valence-corrected chi connectivity index (χ2v) is 12.8. The molecule has 0 saturated heterocycles. The third-order valence-corrected chi connectivity index (χ3v) is 9.84. The van der Waals surface area contributed by atoms with Crippen LogP contribution in [-0.4, -0.2) is 58.0 Å². The van der Waals surface area contributed by atoms with E-state index in [1.807, 2.05) is 0 Å². The van der Waals surface area contributed by atoms with Crippen LogP contribution >= 0.6 is 11.6 Å². The van der Waals surface area contributed by atoms with Gasteiger partial charge in [-0.05, 0) is 55.7 Å². The van der Waals surface area contributed by atoms with E-state index in [4.69, 9.17) is 21.1 Å². The number of ether oxygens (including phenoxy) is 2. The smallest absolute Gasteiger partial charge is 0.264 e. The predicted octanol–water partition coefficient (Wildman–Crippen LogP) is 5.42. The Kier molecular flexibility index (Phi) is 10.9. The summed E-state index contributed by atoms with van der Waals surface area (Å²) in [7, 11) is -1.29. The van der Waals surface area contributed by atoms with Gasteiger partial charge < -0.3 is 19.7 Å². The highest BCUT2D eigenvalue weighted by atomic mass is 35.5. The zero-order valence-electron chi connectivity index (χ0n) is 24.7. The number of carbonyl (C=O) groups excluding carboxylic acids is 2. The summed E-state index contributed by atoms with van der Waals surface area (Å²) in [5, 5.41) is 3.53. The van der Waals surface area contributed by atoms with Gasteiger partial charge in [0.1, 0.15) is 12.6 Å². The Balaban J connectivity index is 1.72. The maximum absolute atomic E-state index is 14.2. The molecule has 9 nitrogen and oxygen atoms in total. The largest absolute Gasteiger partial charge is 0.493 e. The summed E-state index contributed by atoms with van der Waals surface area (Å²) in [6, 6.07) is 18.7. The van der Waals surface area contributed by atoms with Crippen molar-refractivity contribution in [2.45, 2.75) is 62.6 Å². The summed E-state index contributed by atoms with van der Waals surface area (Å²) in [5.74, 6) is -0.159. The normalized spacial score (nSPS) is 14.4. The number of carbonyl (C=O) groups is 2. The van der Waals surface area contributed by atoms with E-state index in [0.29, 0.717) is 22.1 Å². The van der Waals surface area contributed by atoms with Crippen molar-refractivity contribution < 1.29 is 27.5 Å². The van der Waals surface area contributed by atoms with Gasteiger partial charge in [-0.15, -0.1) is 0 Å². The SMILES string of the molecule is COc1ccc(N(CC(=O)N(Cc2ccccc2Cl)[C@H](C)C(=O)NC2CCCCC2)S(=O)(=O)c2ccccc2)cc1OC. The molecular weight excluding hydrogens is 590 g/mol. The van der Waals surface area contributed by atoms with Crippen LogP contribution in [0.1, 0.15) is 44.6 Å². The number of hydrogen-bond donors (Lipinski definition) is 1. The molecule has 3 aromatic carbocycles. The lowest BCUT2D eigenvalue weighted by atomic mass is 9.95. The summed E-state index contributed by atoms with van der Waals surface area (Å²) in [6.45, 7) is 1.10. The molecule has 1 fully saturated rings. The van der Waals surface area contributed by atoms with E-state index in [2.05, 4.69) is 5.32 Å². The van der Waals surface area contributed by atoms with Crippen LogP contribution in [0.4, 0.5) is 5.69 Å². The molecule has 2 amide bonds. The van der Waals surface area contributed by atoms with Crippen molar-refractivity contribution in [2.24, 2.45) is 0 Å². The van der Waals surface area contributed by atoms with Crippen LogP contribution in [0.15, 0.2) is 77.7 Å². The Morgan fingerprint density at radius 2 is 1.58 bits per heavy atom. The quantitative estimate of drug-likeness (QED) is 0.288. The van der Waals surface area contributed by atoms with Gasteiger partial charge in [-0.2, -0.15) is 0 Å². The maximum atomic E-state index is 14.2. The minimum atomic E-state index is -4.21. The van der Waals surface area contributed by atoms with Gasteiger partial charge in [0.25, 0.3) is 10.0 Å². The maximum Gasteiger partial charge on any atom is 0.264 e. The Labute approximate surface area is 258 Å². The highest BCUT2D eigenvalue weighted by molar-refractivity contribution is 7.92. The van der Waals surface area contributed by atoms with Crippen LogP contribution in [0.5, 0.6) is 11.5 Å². The lowest BCUT2D eigenvalue weighted by Crippen LogP contribution is -2.53. The first-order valence-corrected chi connectivity index (χ1v) is 16.1. The number of nitrogens with one attached hydrogen (secondary N) is 1. The van der Waals surface area contributed by atoms with Crippen molar-refractivity contribution in [3.63, 3.8) is 0 Å². The lowest BCUT2D eigenvalue weighted by Gasteiger charge is -2.33. The number of rotatable bonds is 12. The Morgan fingerprint density at radius 1 is 0.930 bits per heavy atom. The topological polar surface area (TPSA) is 105 Å². The molecule has 43 heavy (non-hydrogen) atoms. The van der Waals surface area contributed by atoms with Gasteiger partial charge in [0.05, 0.1) is 24.8 Å². The number of halogens is 1. The third-order valence-electron chi connectivity index (χ3n) is 7.68. The van der Waals surface area contributed by atoms with Crippen LogP contribution in [0.2, 0.25) is 5.02 Å². The molecule has 3 aromatic rings. The van der Waals surface area contributed by atoms with E-state index in [9.17, 15) is 18.0 Å². The van der Waals surface area contributed by atoms with Crippen LogP contribution in [0.3, 0.4) is 0 Å². The molecule has 0 bridgehead atoms. The first kappa shape index (κ1) is 32.2. The van der Waals surface area contributed by atoms with Crippen LogP contribution in [0.25, 0.3) is 0 Å². The fourth-order valence-corrected chi connectivity index (χ4v) is 6.81. The van der Waals surface area contributed by atoms with Gasteiger partial charge in [0.2, 0.25) is 11.8 Å². The van der Waals surface area contributed by atoms with Crippen molar-refractivity contribution in [1.29, 1.82) is 0 Å². The van der Waals surface area contributed by atoms with Crippen molar-refractivity contribution in [1.82, 2.24) is 10.2 Å². The molecule has 230 valence electrons. The second kappa shape index (κ2) is 14.6. The Morgan fingerprint density at radius 3 is 2.23 bits per heavy atom. The van der Waals surface area contributed by atoms with Gasteiger partial charge in [0, 0.05) is 23.7 Å². The summed E-state index contributed by atoms with van der Waals surface area (Å²) in [4.78, 5) is 29.0. The number of methoxy groups -OCH3 is 2. The van der Waals surface area contributed by atoms with Crippen molar-refractivity contribution in [3.05, 3.63) is 83.4 Å². The second-order valence-electron chi connectivity index (χ2n) is 10.5. The first-order chi connectivity index (χ1) is 20.6. The van der Waals surface area contributed by atoms with E-state index in [0.717, 1.165) is 36.4 Å². The van der Waals surface area contributed by atoms with Gasteiger partial charge in [0.15, 0.2) is 11.5 Å². The number of benzene rings is 3. The molecule has 1 atom stereocenters. The molecule has 1 saturated carbocycles. The number of hydrogen-bond acceptors (Lipinski definition) is 6. The molecule has 0 unspecified atom stereocenters. The molecule has 1 N–H and O–H groups in total. The number of sulfonamides is 1. The van der Waals surface area contributed by atoms with E-state index in [1.54, 1.807) is 61.5 Å². The zero-order chi connectivity index (χ0) is 31.0. The number of nitrogens with zero attached hydrogens (tertiary/aromatic N) is 2. The number of amides is 2. The monoisotopic (exact) mass is 627 g/mol. The average Bonchev–Trinajstić information content (AvgIpc) is 3.03. The Hall–Kier alpha value is -3.76. The van der Waals surface area contributed by atoms with Gasteiger partial charge in [-0.25, -0.2) is 8.42 Å². The van der Waals surface area contributed by atoms with E-state index in [-0.39, 0.29) is 29.1 Å². The molecule has 0 spiro atoms. The minimum absolute atomic E-state index is 0.0123. The highest BCUT2D eigenvalue weighted by Gasteiger charge is 2.33.